The first kappa shape index (κ1) is 15.5. The first-order valence-electron chi connectivity index (χ1n) is 7.08. The van der Waals surface area contributed by atoms with Crippen LogP contribution < -0.4 is 4.72 Å². The van der Waals surface area contributed by atoms with Crippen molar-refractivity contribution in [1.29, 1.82) is 0 Å². The zero-order valence-corrected chi connectivity index (χ0v) is 12.7. The number of hydrogen-bond acceptors (Lipinski definition) is 4. The molecule has 1 aromatic rings. The summed E-state index contributed by atoms with van der Waals surface area (Å²) in [6, 6.07) is 1.53. The van der Waals surface area contributed by atoms with E-state index < -0.39 is 10.0 Å². The molecule has 2 rings (SSSR count). The minimum absolute atomic E-state index is 0.156. The predicted octanol–water partition coefficient (Wildman–Crippen LogP) is 0.374. The van der Waals surface area contributed by atoms with E-state index in [1.54, 1.807) is 10.8 Å². The van der Waals surface area contributed by atoms with E-state index in [0.717, 1.165) is 19.6 Å². The molecular formula is C13H23N3O3S. The molecule has 1 aliphatic rings. The summed E-state index contributed by atoms with van der Waals surface area (Å²) in [4.78, 5) is 2.49. The lowest BCUT2D eigenvalue weighted by Crippen LogP contribution is -2.33. The van der Waals surface area contributed by atoms with Crippen LogP contribution >= 0.6 is 0 Å². The number of aromatic nitrogens is 1. The molecule has 6 nitrogen and oxygen atoms in total. The van der Waals surface area contributed by atoms with Gasteiger partial charge in [0.05, 0.1) is 11.5 Å². The Hall–Kier alpha value is -0.890. The van der Waals surface area contributed by atoms with Crippen molar-refractivity contribution in [3.05, 3.63) is 18.0 Å². The van der Waals surface area contributed by atoms with E-state index in [2.05, 4.69) is 9.62 Å². The summed E-state index contributed by atoms with van der Waals surface area (Å²) in [6.07, 6.45) is 3.97. The average molecular weight is 301 g/mol. The summed E-state index contributed by atoms with van der Waals surface area (Å²) < 4.78 is 28.7. The highest BCUT2D eigenvalue weighted by molar-refractivity contribution is 7.89. The van der Waals surface area contributed by atoms with Crippen LogP contribution in [0.3, 0.4) is 0 Å². The van der Waals surface area contributed by atoms with Crippen LogP contribution in [-0.2, 0) is 23.2 Å². The molecule has 20 heavy (non-hydrogen) atoms. The SMILES string of the molecule is CCn1cc(S(=O)(=O)NCCN2CCCC2)cc1CO. The highest BCUT2D eigenvalue weighted by Crippen LogP contribution is 2.14. The van der Waals surface area contributed by atoms with E-state index in [1.807, 2.05) is 6.92 Å². The molecule has 1 aliphatic heterocycles. The number of nitrogens with one attached hydrogen (secondary N) is 1. The quantitative estimate of drug-likeness (QED) is 0.763. The van der Waals surface area contributed by atoms with E-state index >= 15 is 0 Å². The van der Waals surface area contributed by atoms with Crippen LogP contribution in [0.25, 0.3) is 0 Å². The fourth-order valence-corrected chi connectivity index (χ4v) is 3.61. The van der Waals surface area contributed by atoms with Gasteiger partial charge >= 0.3 is 0 Å². The fraction of sp³-hybridized carbons (Fsp3) is 0.692. The second-order valence-electron chi connectivity index (χ2n) is 5.06. The number of aryl methyl sites for hydroxylation is 1. The minimum atomic E-state index is -3.48. The van der Waals surface area contributed by atoms with Gasteiger partial charge in [0.1, 0.15) is 0 Å². The number of aliphatic hydroxyl groups is 1. The van der Waals surface area contributed by atoms with Gasteiger partial charge in [-0.05, 0) is 38.9 Å². The highest BCUT2D eigenvalue weighted by atomic mass is 32.2. The Balaban J connectivity index is 1.96. The lowest BCUT2D eigenvalue weighted by molar-refractivity contribution is 0.271. The molecule has 0 spiro atoms. The van der Waals surface area contributed by atoms with E-state index in [9.17, 15) is 13.5 Å². The molecule has 2 heterocycles. The maximum Gasteiger partial charge on any atom is 0.242 e. The van der Waals surface area contributed by atoms with Crippen molar-refractivity contribution < 1.29 is 13.5 Å². The van der Waals surface area contributed by atoms with Gasteiger partial charge in [-0.15, -0.1) is 0 Å². The van der Waals surface area contributed by atoms with Crippen LogP contribution in [0.2, 0.25) is 0 Å². The van der Waals surface area contributed by atoms with Crippen molar-refractivity contribution >= 4 is 10.0 Å². The molecular weight excluding hydrogens is 278 g/mol. The van der Waals surface area contributed by atoms with Crippen LogP contribution in [-0.4, -0.2) is 49.2 Å². The third kappa shape index (κ3) is 3.60. The summed E-state index contributed by atoms with van der Waals surface area (Å²) in [5, 5.41) is 9.21. The topological polar surface area (TPSA) is 74.6 Å². The predicted molar refractivity (Wildman–Crippen MR) is 76.9 cm³/mol. The molecule has 0 amide bonds. The average Bonchev–Trinajstić information content (AvgIpc) is 3.07. The number of hydrogen-bond donors (Lipinski definition) is 2. The Morgan fingerprint density at radius 1 is 1.35 bits per heavy atom. The second-order valence-corrected chi connectivity index (χ2v) is 6.82. The summed E-state index contributed by atoms with van der Waals surface area (Å²) >= 11 is 0. The number of rotatable bonds is 7. The zero-order chi connectivity index (χ0) is 14.6. The fourth-order valence-electron chi connectivity index (χ4n) is 2.53. The summed E-state index contributed by atoms with van der Waals surface area (Å²) in [7, 11) is -3.48. The maximum atomic E-state index is 12.2. The summed E-state index contributed by atoms with van der Waals surface area (Å²) in [6.45, 7) is 5.69. The van der Waals surface area contributed by atoms with E-state index in [4.69, 9.17) is 0 Å². The molecule has 0 unspecified atom stereocenters. The van der Waals surface area contributed by atoms with Gasteiger partial charge in [-0.1, -0.05) is 0 Å². The van der Waals surface area contributed by atoms with Gasteiger partial charge in [0.25, 0.3) is 0 Å². The van der Waals surface area contributed by atoms with Crippen molar-refractivity contribution in [3.63, 3.8) is 0 Å². The van der Waals surface area contributed by atoms with Crippen LogP contribution in [0.4, 0.5) is 0 Å². The van der Waals surface area contributed by atoms with Crippen LogP contribution in [0, 0.1) is 0 Å². The van der Waals surface area contributed by atoms with Gasteiger partial charge in [-0.2, -0.15) is 0 Å². The van der Waals surface area contributed by atoms with Crippen molar-refractivity contribution in [1.82, 2.24) is 14.2 Å². The lowest BCUT2D eigenvalue weighted by atomic mass is 10.4. The maximum absolute atomic E-state index is 12.2. The first-order valence-corrected chi connectivity index (χ1v) is 8.57. The van der Waals surface area contributed by atoms with Gasteiger partial charge in [0, 0.05) is 31.5 Å². The Bertz CT molecular complexity index is 512. The monoisotopic (exact) mass is 301 g/mol. The van der Waals surface area contributed by atoms with Crippen molar-refractivity contribution in [2.75, 3.05) is 26.2 Å². The minimum Gasteiger partial charge on any atom is -0.390 e. The van der Waals surface area contributed by atoms with Crippen LogP contribution in [0.1, 0.15) is 25.5 Å². The molecule has 1 aromatic heterocycles. The number of sulfonamides is 1. The normalized spacial score (nSPS) is 16.9. The summed E-state index contributed by atoms with van der Waals surface area (Å²) in [5.74, 6) is 0. The zero-order valence-electron chi connectivity index (χ0n) is 11.9. The Kier molecular flexibility index (Phi) is 5.20. The van der Waals surface area contributed by atoms with E-state index in [-0.39, 0.29) is 11.5 Å². The molecule has 1 fully saturated rings. The molecule has 0 atom stereocenters. The molecule has 2 N–H and O–H groups in total. The molecule has 1 saturated heterocycles. The van der Waals surface area contributed by atoms with Gasteiger partial charge in [0.2, 0.25) is 10.0 Å². The van der Waals surface area contributed by atoms with Gasteiger partial charge in [-0.3, -0.25) is 0 Å². The third-order valence-corrected chi connectivity index (χ3v) is 5.12. The van der Waals surface area contributed by atoms with E-state index in [1.165, 1.54) is 18.9 Å². The second kappa shape index (κ2) is 6.71. The highest BCUT2D eigenvalue weighted by Gasteiger charge is 2.18. The summed E-state index contributed by atoms with van der Waals surface area (Å²) in [5.41, 5.74) is 0.618. The van der Waals surface area contributed by atoms with Gasteiger partial charge in [0.15, 0.2) is 0 Å². The number of aliphatic hydroxyl groups excluding tert-OH is 1. The smallest absolute Gasteiger partial charge is 0.242 e. The standard InChI is InChI=1S/C13H23N3O3S/c1-2-16-10-13(9-12(16)11-17)20(18,19)14-5-8-15-6-3-4-7-15/h9-10,14,17H,2-8,11H2,1H3. The third-order valence-electron chi connectivity index (χ3n) is 3.69. The van der Waals surface area contributed by atoms with Gasteiger partial charge < -0.3 is 14.6 Å². The molecule has 114 valence electrons. The number of nitrogens with zero attached hydrogens (tertiary/aromatic N) is 2. The largest absolute Gasteiger partial charge is 0.390 e. The Morgan fingerprint density at radius 2 is 2.05 bits per heavy atom. The Labute approximate surface area is 120 Å². The van der Waals surface area contributed by atoms with Crippen LogP contribution in [0.5, 0.6) is 0 Å². The van der Waals surface area contributed by atoms with Crippen molar-refractivity contribution in [2.45, 2.75) is 37.8 Å². The van der Waals surface area contributed by atoms with Crippen molar-refractivity contribution in [3.8, 4) is 0 Å². The lowest BCUT2D eigenvalue weighted by Gasteiger charge is -2.14. The molecule has 0 radical (unpaired) electrons. The molecule has 0 bridgehead atoms. The molecule has 0 saturated carbocycles. The molecule has 0 aliphatic carbocycles. The van der Waals surface area contributed by atoms with Gasteiger partial charge in [-0.25, -0.2) is 13.1 Å². The molecule has 7 heteroatoms. The first-order chi connectivity index (χ1) is 9.56. The van der Waals surface area contributed by atoms with Crippen molar-refractivity contribution in [2.24, 2.45) is 0 Å². The Morgan fingerprint density at radius 3 is 2.60 bits per heavy atom. The van der Waals surface area contributed by atoms with E-state index in [0.29, 0.717) is 18.8 Å². The molecule has 0 aromatic carbocycles. The van der Waals surface area contributed by atoms with Crippen LogP contribution in [0.15, 0.2) is 17.2 Å². The number of likely N-dealkylation sites (tertiary alicyclic amines) is 1.